The Morgan fingerprint density at radius 3 is 2.53 bits per heavy atom. The van der Waals surface area contributed by atoms with Crippen LogP contribution < -0.4 is 9.64 Å². The van der Waals surface area contributed by atoms with E-state index in [1.807, 2.05) is 21.9 Å². The Bertz CT molecular complexity index is 962. The van der Waals surface area contributed by atoms with Gasteiger partial charge in [0.15, 0.2) is 0 Å². The first kappa shape index (κ1) is 22.1. The van der Waals surface area contributed by atoms with Gasteiger partial charge in [-0.25, -0.2) is 0 Å². The molecule has 0 aromatic heterocycles. The third-order valence-corrected chi connectivity index (χ3v) is 6.49. The third-order valence-electron chi connectivity index (χ3n) is 6.49. The number of fused-ring (bicyclic) bond motifs is 3. The number of hydrogen-bond acceptors (Lipinski definition) is 5. The summed E-state index contributed by atoms with van der Waals surface area (Å²) in [6.07, 6.45) is 0.298. The molecule has 0 bridgehead atoms. The summed E-state index contributed by atoms with van der Waals surface area (Å²) < 4.78 is 10.5. The van der Waals surface area contributed by atoms with E-state index in [-0.39, 0.29) is 23.8 Å². The van der Waals surface area contributed by atoms with Crippen LogP contribution in [-0.2, 0) is 9.53 Å². The van der Waals surface area contributed by atoms with Crippen LogP contribution in [0.3, 0.4) is 0 Å². The van der Waals surface area contributed by atoms with Crippen molar-refractivity contribution in [2.75, 3.05) is 59.0 Å². The predicted molar refractivity (Wildman–Crippen MR) is 123 cm³/mol. The standard InChI is InChI=1S/C25H31N3O4/c1-26-16-19-17-27(14-15-31-2)23(29)12-13-28(24(19)21-6-4-5-7-22(21)26)25(30)18-8-10-20(32-3)11-9-18/h4-11,19,24H,12-17H2,1-3H3/t19-,24-/m1/s1. The summed E-state index contributed by atoms with van der Waals surface area (Å²) >= 11 is 0. The Morgan fingerprint density at radius 1 is 1.06 bits per heavy atom. The van der Waals surface area contributed by atoms with Crippen molar-refractivity contribution in [3.8, 4) is 5.75 Å². The highest BCUT2D eigenvalue weighted by molar-refractivity contribution is 5.95. The minimum absolute atomic E-state index is 0.0554. The van der Waals surface area contributed by atoms with E-state index in [1.54, 1.807) is 38.5 Å². The Hall–Kier alpha value is -3.06. The summed E-state index contributed by atoms with van der Waals surface area (Å²) in [7, 11) is 5.33. The Balaban J connectivity index is 1.73. The molecule has 2 heterocycles. The van der Waals surface area contributed by atoms with Crippen LogP contribution >= 0.6 is 0 Å². The molecule has 170 valence electrons. The van der Waals surface area contributed by atoms with Crippen molar-refractivity contribution in [3.63, 3.8) is 0 Å². The smallest absolute Gasteiger partial charge is 0.254 e. The van der Waals surface area contributed by atoms with Gasteiger partial charge in [0.25, 0.3) is 5.91 Å². The SMILES string of the molecule is COCCN1C[C@H]2CN(C)c3ccccc3[C@@H]2N(C(=O)c2ccc(OC)cc2)CCC1=O. The lowest BCUT2D eigenvalue weighted by atomic mass is 9.84. The monoisotopic (exact) mass is 437 g/mol. The van der Waals surface area contributed by atoms with Crippen LogP contribution in [0.25, 0.3) is 0 Å². The molecule has 32 heavy (non-hydrogen) atoms. The molecule has 2 aromatic carbocycles. The topological polar surface area (TPSA) is 62.3 Å². The van der Waals surface area contributed by atoms with E-state index < -0.39 is 0 Å². The van der Waals surface area contributed by atoms with Gasteiger partial charge in [-0.1, -0.05) is 18.2 Å². The van der Waals surface area contributed by atoms with E-state index in [4.69, 9.17) is 9.47 Å². The van der Waals surface area contributed by atoms with Crippen LogP contribution in [0.1, 0.15) is 28.4 Å². The molecule has 0 aliphatic carbocycles. The highest BCUT2D eigenvalue weighted by atomic mass is 16.5. The molecule has 0 N–H and O–H groups in total. The molecule has 2 aromatic rings. The number of para-hydroxylation sites is 1. The summed E-state index contributed by atoms with van der Waals surface area (Å²) in [5, 5.41) is 0. The number of carbonyl (C=O) groups excluding carboxylic acids is 2. The summed E-state index contributed by atoms with van der Waals surface area (Å²) in [6.45, 7) is 2.82. The van der Waals surface area contributed by atoms with Gasteiger partial charge in [-0.05, 0) is 35.9 Å². The van der Waals surface area contributed by atoms with Crippen molar-refractivity contribution < 1.29 is 19.1 Å². The fourth-order valence-corrected chi connectivity index (χ4v) is 4.91. The number of benzene rings is 2. The van der Waals surface area contributed by atoms with Crippen molar-refractivity contribution in [2.24, 2.45) is 5.92 Å². The molecule has 0 radical (unpaired) electrons. The van der Waals surface area contributed by atoms with Crippen LogP contribution in [0, 0.1) is 5.92 Å². The zero-order valence-corrected chi connectivity index (χ0v) is 19.0. The molecule has 0 spiro atoms. The minimum Gasteiger partial charge on any atom is -0.497 e. The molecular weight excluding hydrogens is 406 g/mol. The number of ether oxygens (including phenoxy) is 2. The first-order valence-corrected chi connectivity index (χ1v) is 11.0. The van der Waals surface area contributed by atoms with E-state index >= 15 is 0 Å². The molecular formula is C25H31N3O4. The van der Waals surface area contributed by atoms with Gasteiger partial charge in [0, 0.05) is 63.9 Å². The largest absolute Gasteiger partial charge is 0.497 e. The fraction of sp³-hybridized carbons (Fsp3) is 0.440. The molecule has 2 atom stereocenters. The normalized spacial score (nSPS) is 20.8. The van der Waals surface area contributed by atoms with Crippen LogP contribution in [0.4, 0.5) is 5.69 Å². The Morgan fingerprint density at radius 2 is 1.81 bits per heavy atom. The van der Waals surface area contributed by atoms with Gasteiger partial charge in [-0.2, -0.15) is 0 Å². The number of nitrogens with zero attached hydrogens (tertiary/aromatic N) is 3. The van der Waals surface area contributed by atoms with Gasteiger partial charge in [-0.3, -0.25) is 9.59 Å². The zero-order chi connectivity index (χ0) is 22.7. The summed E-state index contributed by atoms with van der Waals surface area (Å²) in [4.78, 5) is 32.7. The Labute approximate surface area is 189 Å². The second-order valence-electron chi connectivity index (χ2n) is 8.45. The number of methoxy groups -OCH3 is 2. The van der Waals surface area contributed by atoms with Gasteiger partial charge in [0.05, 0.1) is 19.8 Å². The van der Waals surface area contributed by atoms with Gasteiger partial charge < -0.3 is 24.2 Å². The molecule has 7 nitrogen and oxygen atoms in total. The average Bonchev–Trinajstić information content (AvgIpc) is 2.82. The van der Waals surface area contributed by atoms with Gasteiger partial charge in [0.1, 0.15) is 5.75 Å². The molecule has 2 aliphatic heterocycles. The van der Waals surface area contributed by atoms with Crippen molar-refractivity contribution in [1.82, 2.24) is 9.80 Å². The summed E-state index contributed by atoms with van der Waals surface area (Å²) in [5.41, 5.74) is 2.87. The predicted octanol–water partition coefficient (Wildman–Crippen LogP) is 2.82. The molecule has 1 saturated heterocycles. The van der Waals surface area contributed by atoms with Crippen LogP contribution in [0.2, 0.25) is 0 Å². The second kappa shape index (κ2) is 9.61. The first-order valence-electron chi connectivity index (χ1n) is 11.0. The molecule has 0 saturated carbocycles. The molecule has 1 fully saturated rings. The number of amides is 2. The zero-order valence-electron chi connectivity index (χ0n) is 19.0. The van der Waals surface area contributed by atoms with Crippen molar-refractivity contribution in [1.29, 1.82) is 0 Å². The van der Waals surface area contributed by atoms with Gasteiger partial charge in [0.2, 0.25) is 5.91 Å². The number of hydrogen-bond donors (Lipinski definition) is 0. The van der Waals surface area contributed by atoms with E-state index in [2.05, 4.69) is 24.1 Å². The number of anilines is 1. The van der Waals surface area contributed by atoms with E-state index in [9.17, 15) is 9.59 Å². The molecule has 2 amide bonds. The van der Waals surface area contributed by atoms with Gasteiger partial charge in [-0.15, -0.1) is 0 Å². The number of rotatable bonds is 5. The first-order chi connectivity index (χ1) is 15.5. The highest BCUT2D eigenvalue weighted by Gasteiger charge is 2.41. The molecule has 0 unspecified atom stereocenters. The number of carbonyl (C=O) groups is 2. The maximum absolute atomic E-state index is 13.7. The van der Waals surface area contributed by atoms with Crippen LogP contribution in [0.15, 0.2) is 48.5 Å². The van der Waals surface area contributed by atoms with Crippen molar-refractivity contribution >= 4 is 17.5 Å². The Kier molecular flexibility index (Phi) is 6.65. The average molecular weight is 438 g/mol. The van der Waals surface area contributed by atoms with Gasteiger partial charge >= 0.3 is 0 Å². The highest BCUT2D eigenvalue weighted by Crippen LogP contribution is 2.42. The van der Waals surface area contributed by atoms with Crippen LogP contribution in [-0.4, -0.2) is 75.7 Å². The minimum atomic E-state index is -0.102. The quantitative estimate of drug-likeness (QED) is 0.720. The second-order valence-corrected chi connectivity index (χ2v) is 8.45. The molecule has 7 heteroatoms. The molecule has 4 rings (SSSR count). The fourth-order valence-electron chi connectivity index (χ4n) is 4.91. The molecule has 2 aliphatic rings. The van der Waals surface area contributed by atoms with Crippen molar-refractivity contribution in [2.45, 2.75) is 12.5 Å². The lowest BCUT2D eigenvalue weighted by Crippen LogP contribution is -2.53. The summed E-state index contributed by atoms with van der Waals surface area (Å²) in [6, 6.07) is 15.4. The van der Waals surface area contributed by atoms with E-state index in [1.165, 1.54) is 0 Å². The van der Waals surface area contributed by atoms with Crippen molar-refractivity contribution in [3.05, 3.63) is 59.7 Å². The lowest BCUT2D eigenvalue weighted by molar-refractivity contribution is -0.134. The summed E-state index contributed by atoms with van der Waals surface area (Å²) in [5.74, 6) is 0.814. The lowest BCUT2D eigenvalue weighted by Gasteiger charge is -2.47. The maximum atomic E-state index is 13.7. The van der Waals surface area contributed by atoms with Crippen LogP contribution in [0.5, 0.6) is 5.75 Å². The third kappa shape index (κ3) is 4.30. The maximum Gasteiger partial charge on any atom is 0.254 e. The van der Waals surface area contributed by atoms with E-state index in [0.717, 1.165) is 17.8 Å². The van der Waals surface area contributed by atoms with E-state index in [0.29, 0.717) is 44.0 Å².